The Kier molecular flexibility index (Phi) is 5.46. The van der Waals surface area contributed by atoms with Crippen LogP contribution in [0.15, 0.2) is 71.6 Å². The number of aryl methyl sites for hydroxylation is 2. The van der Waals surface area contributed by atoms with Crippen LogP contribution in [0.5, 0.6) is 0 Å². The first-order valence-electron chi connectivity index (χ1n) is 8.52. The van der Waals surface area contributed by atoms with Gasteiger partial charge >= 0.3 is 0 Å². The predicted octanol–water partition coefficient (Wildman–Crippen LogP) is 4.50. The van der Waals surface area contributed by atoms with Crippen LogP contribution in [0.3, 0.4) is 0 Å². The van der Waals surface area contributed by atoms with Gasteiger partial charge in [-0.3, -0.25) is 9.52 Å². The first kappa shape index (κ1) is 19.6. The minimum absolute atomic E-state index is 0.189. The van der Waals surface area contributed by atoms with Crippen molar-refractivity contribution >= 4 is 27.3 Å². The molecule has 0 heterocycles. The normalized spacial score (nSPS) is 11.1. The number of benzene rings is 3. The van der Waals surface area contributed by atoms with Crippen molar-refractivity contribution in [3.63, 3.8) is 0 Å². The predicted molar refractivity (Wildman–Crippen MR) is 108 cm³/mol. The highest BCUT2D eigenvalue weighted by molar-refractivity contribution is 7.92. The van der Waals surface area contributed by atoms with Crippen LogP contribution in [0.25, 0.3) is 0 Å². The molecule has 5 nitrogen and oxygen atoms in total. The average molecular weight is 398 g/mol. The SMILES string of the molecule is Cc1ccc(C)c(S(=O)(=O)Nc2cccc(C(=O)Nc3ccc(F)cc3)c2)c1. The molecule has 0 aliphatic carbocycles. The van der Waals surface area contributed by atoms with Crippen LogP contribution >= 0.6 is 0 Å². The molecule has 3 aromatic rings. The summed E-state index contributed by atoms with van der Waals surface area (Å²) >= 11 is 0. The standard InChI is InChI=1S/C21H19FN2O3S/c1-14-6-7-15(2)20(12-14)28(26,27)24-19-5-3-4-16(13-19)21(25)23-18-10-8-17(22)9-11-18/h3-13,24H,1-2H3,(H,23,25). The van der Waals surface area contributed by atoms with Gasteiger partial charge < -0.3 is 5.32 Å². The number of sulfonamides is 1. The summed E-state index contributed by atoms with van der Waals surface area (Å²) in [5.41, 5.74) is 2.44. The fourth-order valence-electron chi connectivity index (χ4n) is 2.67. The molecule has 0 atom stereocenters. The number of halogens is 1. The molecule has 0 aliphatic rings. The second-order valence-corrected chi connectivity index (χ2v) is 8.07. The molecule has 2 N–H and O–H groups in total. The first-order chi connectivity index (χ1) is 13.2. The fourth-order valence-corrected chi connectivity index (χ4v) is 4.05. The maximum Gasteiger partial charge on any atom is 0.262 e. The zero-order chi connectivity index (χ0) is 20.3. The molecule has 7 heteroatoms. The summed E-state index contributed by atoms with van der Waals surface area (Å²) < 4.78 is 40.9. The van der Waals surface area contributed by atoms with Crippen LogP contribution in [0.1, 0.15) is 21.5 Å². The Morgan fingerprint density at radius 2 is 1.61 bits per heavy atom. The van der Waals surface area contributed by atoms with Crippen molar-refractivity contribution in [2.45, 2.75) is 18.7 Å². The van der Waals surface area contributed by atoms with Crippen LogP contribution in [0.2, 0.25) is 0 Å². The quantitative estimate of drug-likeness (QED) is 0.665. The van der Waals surface area contributed by atoms with Gasteiger partial charge in [0.25, 0.3) is 15.9 Å². The molecule has 0 fully saturated rings. The topological polar surface area (TPSA) is 75.3 Å². The Balaban J connectivity index is 1.82. The number of amides is 1. The summed E-state index contributed by atoms with van der Waals surface area (Å²) in [4.78, 5) is 12.6. The molecule has 28 heavy (non-hydrogen) atoms. The molecule has 0 saturated carbocycles. The van der Waals surface area contributed by atoms with Crippen molar-refractivity contribution in [1.29, 1.82) is 0 Å². The van der Waals surface area contributed by atoms with Crippen LogP contribution in [0, 0.1) is 19.7 Å². The van der Waals surface area contributed by atoms with E-state index in [4.69, 9.17) is 0 Å². The number of hydrogen-bond donors (Lipinski definition) is 2. The molecule has 0 saturated heterocycles. The summed E-state index contributed by atoms with van der Waals surface area (Å²) in [5, 5.41) is 2.64. The zero-order valence-corrected chi connectivity index (χ0v) is 16.2. The maximum atomic E-state index is 13.0. The summed E-state index contributed by atoms with van der Waals surface area (Å²) in [6.07, 6.45) is 0. The van der Waals surface area contributed by atoms with Gasteiger partial charge in [0.15, 0.2) is 0 Å². The van der Waals surface area contributed by atoms with Gasteiger partial charge in [-0.05, 0) is 73.5 Å². The summed E-state index contributed by atoms with van der Waals surface area (Å²) in [6.45, 7) is 3.54. The van der Waals surface area contributed by atoms with Gasteiger partial charge in [-0.2, -0.15) is 0 Å². The Morgan fingerprint density at radius 3 is 2.32 bits per heavy atom. The number of rotatable bonds is 5. The summed E-state index contributed by atoms with van der Waals surface area (Å²) in [5.74, 6) is -0.833. The van der Waals surface area contributed by atoms with E-state index >= 15 is 0 Å². The second-order valence-electron chi connectivity index (χ2n) is 6.42. The molecule has 3 rings (SSSR count). The molecular weight excluding hydrogens is 379 g/mol. The molecule has 0 radical (unpaired) electrons. The Labute approximate surface area is 163 Å². The molecular formula is C21H19FN2O3S. The first-order valence-corrected chi connectivity index (χ1v) is 10.00. The van der Waals surface area contributed by atoms with Gasteiger partial charge in [-0.1, -0.05) is 18.2 Å². The third-order valence-electron chi connectivity index (χ3n) is 4.11. The number of hydrogen-bond acceptors (Lipinski definition) is 3. The highest BCUT2D eigenvalue weighted by Gasteiger charge is 2.18. The largest absolute Gasteiger partial charge is 0.322 e. The molecule has 0 aliphatic heterocycles. The van der Waals surface area contributed by atoms with Gasteiger partial charge in [0.2, 0.25) is 0 Å². The summed E-state index contributed by atoms with van der Waals surface area (Å²) in [6, 6.07) is 16.7. The van der Waals surface area contributed by atoms with Gasteiger partial charge in [-0.25, -0.2) is 12.8 Å². The number of nitrogens with one attached hydrogen (secondary N) is 2. The maximum absolute atomic E-state index is 13.0. The number of carbonyl (C=O) groups excluding carboxylic acids is 1. The van der Waals surface area contributed by atoms with Crippen molar-refractivity contribution in [3.05, 3.63) is 89.2 Å². The Morgan fingerprint density at radius 1 is 0.893 bits per heavy atom. The minimum atomic E-state index is -3.80. The average Bonchev–Trinajstić information content (AvgIpc) is 2.65. The van der Waals surface area contributed by atoms with Crippen LogP contribution in [-0.4, -0.2) is 14.3 Å². The molecule has 1 amide bonds. The van der Waals surface area contributed by atoms with E-state index in [1.165, 1.54) is 30.3 Å². The minimum Gasteiger partial charge on any atom is -0.322 e. The highest BCUT2D eigenvalue weighted by Crippen LogP contribution is 2.21. The van der Waals surface area contributed by atoms with Crippen molar-refractivity contribution in [1.82, 2.24) is 0 Å². The third kappa shape index (κ3) is 4.55. The highest BCUT2D eigenvalue weighted by atomic mass is 32.2. The van der Waals surface area contributed by atoms with E-state index in [-0.39, 0.29) is 16.1 Å². The van der Waals surface area contributed by atoms with Gasteiger partial charge in [0, 0.05) is 16.9 Å². The van der Waals surface area contributed by atoms with Crippen molar-refractivity contribution < 1.29 is 17.6 Å². The van der Waals surface area contributed by atoms with Gasteiger partial charge in [0.05, 0.1) is 4.90 Å². The zero-order valence-electron chi connectivity index (χ0n) is 15.4. The summed E-state index contributed by atoms with van der Waals surface area (Å²) in [7, 11) is -3.80. The smallest absolute Gasteiger partial charge is 0.262 e. The molecule has 0 aromatic heterocycles. The van der Waals surface area contributed by atoms with Crippen molar-refractivity contribution in [2.75, 3.05) is 10.0 Å². The molecule has 3 aromatic carbocycles. The van der Waals surface area contributed by atoms with E-state index in [0.29, 0.717) is 11.3 Å². The Hall–Kier alpha value is -3.19. The molecule has 0 bridgehead atoms. The second kappa shape index (κ2) is 7.82. The van der Waals surface area contributed by atoms with E-state index < -0.39 is 21.7 Å². The van der Waals surface area contributed by atoms with Gasteiger partial charge in [0.1, 0.15) is 5.82 Å². The van der Waals surface area contributed by atoms with E-state index in [1.54, 1.807) is 37.3 Å². The monoisotopic (exact) mass is 398 g/mol. The van der Waals surface area contributed by atoms with E-state index in [0.717, 1.165) is 5.56 Å². The van der Waals surface area contributed by atoms with Crippen LogP contribution in [0.4, 0.5) is 15.8 Å². The van der Waals surface area contributed by atoms with Crippen LogP contribution < -0.4 is 10.0 Å². The molecule has 0 unspecified atom stereocenters. The Bertz CT molecular complexity index is 1130. The lowest BCUT2D eigenvalue weighted by atomic mass is 10.2. The van der Waals surface area contributed by atoms with Crippen LogP contribution in [-0.2, 0) is 10.0 Å². The third-order valence-corrected chi connectivity index (χ3v) is 5.64. The van der Waals surface area contributed by atoms with Gasteiger partial charge in [-0.15, -0.1) is 0 Å². The van der Waals surface area contributed by atoms with Crippen molar-refractivity contribution in [3.8, 4) is 0 Å². The number of carbonyl (C=O) groups is 1. The molecule has 0 spiro atoms. The van der Waals surface area contributed by atoms with E-state index in [1.807, 2.05) is 13.0 Å². The molecule has 144 valence electrons. The lowest BCUT2D eigenvalue weighted by molar-refractivity contribution is 0.102. The fraction of sp³-hybridized carbons (Fsp3) is 0.0952. The van der Waals surface area contributed by atoms with E-state index in [9.17, 15) is 17.6 Å². The lowest BCUT2D eigenvalue weighted by Gasteiger charge is -2.12. The lowest BCUT2D eigenvalue weighted by Crippen LogP contribution is -2.16. The van der Waals surface area contributed by atoms with E-state index in [2.05, 4.69) is 10.0 Å². The van der Waals surface area contributed by atoms with Crippen molar-refractivity contribution in [2.24, 2.45) is 0 Å². The number of anilines is 2.